The minimum atomic E-state index is -0.306. The summed E-state index contributed by atoms with van der Waals surface area (Å²) in [5.74, 6) is 0.182. The second-order valence-corrected chi connectivity index (χ2v) is 5.83. The first-order valence-electron chi connectivity index (χ1n) is 7.63. The van der Waals surface area contributed by atoms with Crippen molar-refractivity contribution in [2.75, 3.05) is 13.1 Å². The van der Waals surface area contributed by atoms with E-state index in [2.05, 4.69) is 27.3 Å². The maximum Gasteiger partial charge on any atom is 0.274 e. The van der Waals surface area contributed by atoms with Gasteiger partial charge >= 0.3 is 0 Å². The van der Waals surface area contributed by atoms with E-state index in [-0.39, 0.29) is 17.2 Å². The van der Waals surface area contributed by atoms with Gasteiger partial charge in [-0.15, -0.1) is 0 Å². The number of H-pyrrole nitrogens is 2. The molecule has 0 radical (unpaired) electrons. The van der Waals surface area contributed by atoms with Crippen molar-refractivity contribution >= 4 is 16.8 Å². The summed E-state index contributed by atoms with van der Waals surface area (Å²) in [4.78, 5) is 28.6. The van der Waals surface area contributed by atoms with Gasteiger partial charge in [0, 0.05) is 42.2 Å². The Morgan fingerprint density at radius 2 is 2.09 bits per heavy atom. The predicted octanol–water partition coefficient (Wildman–Crippen LogP) is 1.88. The van der Waals surface area contributed by atoms with E-state index < -0.39 is 0 Å². The standard InChI is InChI=1S/C17H16N4O2/c22-16-6-5-15(19-20-16)17(23)21-8-7-11(10-21)13-9-18-14-4-2-1-3-12(13)14/h1-6,9,11,18H,7-8,10H2,(H,20,22). The van der Waals surface area contributed by atoms with Crippen molar-refractivity contribution in [3.63, 3.8) is 0 Å². The zero-order valence-corrected chi connectivity index (χ0v) is 12.5. The van der Waals surface area contributed by atoms with Gasteiger partial charge in [0.25, 0.3) is 11.5 Å². The summed E-state index contributed by atoms with van der Waals surface area (Å²) in [5, 5.41) is 7.35. The van der Waals surface area contributed by atoms with E-state index in [1.807, 2.05) is 18.3 Å². The van der Waals surface area contributed by atoms with Gasteiger partial charge in [0.15, 0.2) is 0 Å². The summed E-state index contributed by atoms with van der Waals surface area (Å²) in [6.07, 6.45) is 2.97. The third-order valence-corrected chi connectivity index (χ3v) is 4.43. The predicted molar refractivity (Wildman–Crippen MR) is 86.4 cm³/mol. The van der Waals surface area contributed by atoms with E-state index in [9.17, 15) is 9.59 Å². The lowest BCUT2D eigenvalue weighted by molar-refractivity contribution is 0.0783. The number of rotatable bonds is 2. The highest BCUT2D eigenvalue weighted by Crippen LogP contribution is 2.32. The molecule has 0 aliphatic carbocycles. The zero-order valence-electron chi connectivity index (χ0n) is 12.5. The van der Waals surface area contributed by atoms with E-state index in [1.165, 1.54) is 23.1 Å². The Hall–Kier alpha value is -2.89. The van der Waals surface area contributed by atoms with Crippen LogP contribution in [0.2, 0.25) is 0 Å². The third kappa shape index (κ3) is 2.42. The number of likely N-dealkylation sites (tertiary alicyclic amines) is 1. The Bertz CT molecular complexity index is 907. The molecule has 23 heavy (non-hydrogen) atoms. The number of carbonyl (C=O) groups excluding carboxylic acids is 1. The van der Waals surface area contributed by atoms with Gasteiger partial charge in [-0.25, -0.2) is 5.10 Å². The van der Waals surface area contributed by atoms with Crippen LogP contribution in [0.15, 0.2) is 47.4 Å². The molecule has 1 aromatic carbocycles. The number of aromatic amines is 2. The fraction of sp³-hybridized carbons (Fsp3) is 0.235. The smallest absolute Gasteiger partial charge is 0.274 e. The molecule has 2 aromatic heterocycles. The Morgan fingerprint density at radius 1 is 1.22 bits per heavy atom. The van der Waals surface area contributed by atoms with Crippen LogP contribution < -0.4 is 5.56 Å². The first-order chi connectivity index (χ1) is 11.2. The summed E-state index contributed by atoms with van der Waals surface area (Å²) >= 11 is 0. The van der Waals surface area contributed by atoms with Crippen LogP contribution in [0.3, 0.4) is 0 Å². The molecule has 116 valence electrons. The highest BCUT2D eigenvalue weighted by atomic mass is 16.2. The number of aromatic nitrogens is 3. The SMILES string of the molecule is O=C(c1ccc(=O)[nH]n1)N1CCC(c2c[nH]c3ccccc23)C1. The molecule has 1 amide bonds. The largest absolute Gasteiger partial charge is 0.361 e. The normalized spacial score (nSPS) is 17.7. The Morgan fingerprint density at radius 3 is 2.91 bits per heavy atom. The molecule has 1 fully saturated rings. The fourth-order valence-electron chi connectivity index (χ4n) is 3.26. The molecular formula is C17H16N4O2. The van der Waals surface area contributed by atoms with Crippen molar-refractivity contribution in [2.24, 2.45) is 0 Å². The molecule has 1 saturated heterocycles. The van der Waals surface area contributed by atoms with Gasteiger partial charge in [-0.3, -0.25) is 9.59 Å². The Labute approximate surface area is 132 Å². The molecule has 3 aromatic rings. The molecule has 1 aliphatic rings. The second kappa shape index (κ2) is 5.39. The van der Waals surface area contributed by atoms with Gasteiger partial charge < -0.3 is 9.88 Å². The zero-order chi connectivity index (χ0) is 15.8. The maximum atomic E-state index is 12.5. The van der Waals surface area contributed by atoms with Crippen LogP contribution in [0.25, 0.3) is 10.9 Å². The minimum Gasteiger partial charge on any atom is -0.361 e. The monoisotopic (exact) mass is 308 g/mol. The quantitative estimate of drug-likeness (QED) is 0.758. The van der Waals surface area contributed by atoms with Gasteiger partial charge in [0.1, 0.15) is 5.69 Å². The van der Waals surface area contributed by atoms with E-state index in [1.54, 1.807) is 4.90 Å². The van der Waals surface area contributed by atoms with Crippen LogP contribution in [0, 0.1) is 0 Å². The van der Waals surface area contributed by atoms with Crippen LogP contribution in [0.5, 0.6) is 0 Å². The lowest BCUT2D eigenvalue weighted by atomic mass is 9.98. The minimum absolute atomic E-state index is 0.136. The van der Waals surface area contributed by atoms with E-state index in [0.29, 0.717) is 19.0 Å². The van der Waals surface area contributed by atoms with Crippen LogP contribution in [-0.4, -0.2) is 39.1 Å². The van der Waals surface area contributed by atoms with Gasteiger partial charge in [0.2, 0.25) is 0 Å². The molecule has 6 heteroatoms. The lowest BCUT2D eigenvalue weighted by Crippen LogP contribution is -2.30. The number of fused-ring (bicyclic) bond motifs is 1. The number of hydrogen-bond donors (Lipinski definition) is 2. The molecule has 2 N–H and O–H groups in total. The van der Waals surface area contributed by atoms with Crippen molar-refractivity contribution < 1.29 is 4.79 Å². The molecule has 1 atom stereocenters. The van der Waals surface area contributed by atoms with E-state index in [4.69, 9.17) is 0 Å². The summed E-state index contributed by atoms with van der Waals surface area (Å²) in [5.41, 5.74) is 2.35. The van der Waals surface area contributed by atoms with Gasteiger partial charge in [-0.1, -0.05) is 18.2 Å². The summed E-state index contributed by atoms with van der Waals surface area (Å²) < 4.78 is 0. The molecule has 0 spiro atoms. The van der Waals surface area contributed by atoms with E-state index in [0.717, 1.165) is 11.9 Å². The van der Waals surface area contributed by atoms with Crippen molar-refractivity contribution in [1.82, 2.24) is 20.1 Å². The lowest BCUT2D eigenvalue weighted by Gasteiger charge is -2.15. The van der Waals surface area contributed by atoms with Gasteiger partial charge in [0.05, 0.1) is 0 Å². The molecule has 4 rings (SSSR count). The Kier molecular flexibility index (Phi) is 3.22. The number of para-hydroxylation sites is 1. The number of amides is 1. The number of nitrogens with zero attached hydrogens (tertiary/aromatic N) is 2. The highest BCUT2D eigenvalue weighted by molar-refractivity contribution is 5.92. The number of carbonyl (C=O) groups is 1. The second-order valence-electron chi connectivity index (χ2n) is 5.83. The van der Waals surface area contributed by atoms with Crippen molar-refractivity contribution in [1.29, 1.82) is 0 Å². The molecular weight excluding hydrogens is 292 g/mol. The average molecular weight is 308 g/mol. The number of hydrogen-bond acceptors (Lipinski definition) is 3. The van der Waals surface area contributed by atoms with Crippen molar-refractivity contribution in [3.05, 3.63) is 64.2 Å². The summed E-state index contributed by atoms with van der Waals surface area (Å²) in [6.45, 7) is 1.37. The third-order valence-electron chi connectivity index (χ3n) is 4.43. The number of benzene rings is 1. The van der Waals surface area contributed by atoms with Crippen LogP contribution in [0.4, 0.5) is 0 Å². The first-order valence-corrected chi connectivity index (χ1v) is 7.63. The summed E-state index contributed by atoms with van der Waals surface area (Å²) in [7, 11) is 0. The molecule has 0 saturated carbocycles. The van der Waals surface area contributed by atoms with Gasteiger partial charge in [-0.05, 0) is 24.1 Å². The van der Waals surface area contributed by atoms with Crippen molar-refractivity contribution in [2.45, 2.75) is 12.3 Å². The molecule has 6 nitrogen and oxygen atoms in total. The number of nitrogens with one attached hydrogen (secondary N) is 2. The average Bonchev–Trinajstić information content (AvgIpc) is 3.21. The molecule has 3 heterocycles. The van der Waals surface area contributed by atoms with Gasteiger partial charge in [-0.2, -0.15) is 5.10 Å². The molecule has 1 unspecified atom stereocenters. The summed E-state index contributed by atoms with van der Waals surface area (Å²) in [6, 6.07) is 11.0. The maximum absolute atomic E-state index is 12.5. The fourth-order valence-corrected chi connectivity index (χ4v) is 3.26. The van der Waals surface area contributed by atoms with Crippen LogP contribution >= 0.6 is 0 Å². The van der Waals surface area contributed by atoms with Crippen LogP contribution in [-0.2, 0) is 0 Å². The topological polar surface area (TPSA) is 81.8 Å². The first kappa shape index (κ1) is 13.8. The molecule has 0 bridgehead atoms. The van der Waals surface area contributed by atoms with Crippen molar-refractivity contribution in [3.8, 4) is 0 Å². The van der Waals surface area contributed by atoms with E-state index >= 15 is 0 Å². The highest BCUT2D eigenvalue weighted by Gasteiger charge is 2.29. The Balaban J connectivity index is 1.56. The molecule has 1 aliphatic heterocycles. The van der Waals surface area contributed by atoms with Crippen LogP contribution in [0.1, 0.15) is 28.4 Å².